The van der Waals surface area contributed by atoms with Gasteiger partial charge in [-0.1, -0.05) is 124 Å². The third-order valence-electron chi connectivity index (χ3n) is 7.27. The molecule has 0 bridgehead atoms. The Kier molecular flexibility index (Phi) is 17.6. The first kappa shape index (κ1) is 29.0. The third-order valence-corrected chi connectivity index (χ3v) is 7.27. The predicted octanol–water partition coefficient (Wildman–Crippen LogP) is 7.45. The van der Waals surface area contributed by atoms with Gasteiger partial charge in [-0.05, 0) is 25.2 Å². The molecule has 1 fully saturated rings. The van der Waals surface area contributed by atoms with E-state index < -0.39 is 6.04 Å². The van der Waals surface area contributed by atoms with Crippen LogP contribution in [0.4, 0.5) is 0 Å². The average Bonchev–Trinajstić information content (AvgIpc) is 2.80. The van der Waals surface area contributed by atoms with Crippen molar-refractivity contribution in [3.8, 4) is 0 Å². The van der Waals surface area contributed by atoms with E-state index in [0.29, 0.717) is 12.5 Å². The van der Waals surface area contributed by atoms with Gasteiger partial charge in [-0.15, -0.1) is 0 Å². The maximum atomic E-state index is 12.8. The van der Waals surface area contributed by atoms with Crippen LogP contribution in [0.1, 0.15) is 149 Å². The van der Waals surface area contributed by atoms with E-state index in [1.54, 1.807) is 0 Å². The molecule has 2 N–H and O–H groups in total. The van der Waals surface area contributed by atoms with Gasteiger partial charge in [0.2, 0.25) is 11.8 Å². The molecule has 0 heterocycles. The van der Waals surface area contributed by atoms with E-state index in [4.69, 9.17) is 0 Å². The molecule has 0 aromatic carbocycles. The van der Waals surface area contributed by atoms with Crippen LogP contribution in [-0.2, 0) is 9.59 Å². The molecule has 4 nitrogen and oxygen atoms in total. The number of unbranched alkanes of at least 4 members (excludes halogenated alkanes) is 12. The van der Waals surface area contributed by atoms with Gasteiger partial charge in [0.25, 0.3) is 0 Å². The first-order valence-corrected chi connectivity index (χ1v) is 14.2. The summed E-state index contributed by atoms with van der Waals surface area (Å²) in [6.07, 6.45) is 24.2. The lowest BCUT2D eigenvalue weighted by molar-refractivity contribution is -0.130. The van der Waals surface area contributed by atoms with Crippen LogP contribution in [-0.4, -0.2) is 23.9 Å². The smallest absolute Gasteiger partial charge is 0.243 e. The molecule has 1 saturated carbocycles. The highest BCUT2D eigenvalue weighted by atomic mass is 16.2. The molecule has 0 aliphatic heterocycles. The second kappa shape index (κ2) is 19.4. The van der Waals surface area contributed by atoms with Gasteiger partial charge in [-0.3, -0.25) is 9.59 Å². The number of rotatable bonds is 19. The zero-order valence-electron chi connectivity index (χ0n) is 21.7. The minimum Gasteiger partial charge on any atom is -0.352 e. The summed E-state index contributed by atoms with van der Waals surface area (Å²) >= 11 is 0. The summed E-state index contributed by atoms with van der Waals surface area (Å²) in [5.41, 5.74) is 0. The molecule has 188 valence electrons. The molecule has 2 atom stereocenters. The quantitative estimate of drug-likeness (QED) is 0.201. The van der Waals surface area contributed by atoms with Gasteiger partial charge in [0.15, 0.2) is 0 Å². The van der Waals surface area contributed by atoms with Crippen molar-refractivity contribution >= 4 is 11.8 Å². The van der Waals surface area contributed by atoms with Gasteiger partial charge in [0.1, 0.15) is 6.04 Å². The van der Waals surface area contributed by atoms with E-state index in [1.807, 2.05) is 0 Å². The van der Waals surface area contributed by atoms with Crippen LogP contribution in [0, 0.1) is 5.92 Å². The minimum absolute atomic E-state index is 0.0185. The Morgan fingerprint density at radius 3 is 1.75 bits per heavy atom. The molecule has 0 radical (unpaired) electrons. The fraction of sp³-hybridized carbons (Fsp3) is 0.929. The Labute approximate surface area is 199 Å². The lowest BCUT2D eigenvalue weighted by Crippen LogP contribution is -2.52. The Morgan fingerprint density at radius 2 is 1.25 bits per heavy atom. The number of amides is 2. The molecule has 1 aliphatic rings. The molecule has 2 unspecified atom stereocenters. The van der Waals surface area contributed by atoms with Gasteiger partial charge >= 0.3 is 0 Å². The molecule has 0 spiro atoms. The van der Waals surface area contributed by atoms with Gasteiger partial charge in [-0.25, -0.2) is 0 Å². The zero-order chi connectivity index (χ0) is 23.4. The fourth-order valence-corrected chi connectivity index (χ4v) is 4.79. The van der Waals surface area contributed by atoms with Crippen molar-refractivity contribution in [2.45, 2.75) is 161 Å². The van der Waals surface area contributed by atoms with E-state index in [-0.39, 0.29) is 17.7 Å². The molecule has 4 heteroatoms. The number of nitrogens with one attached hydrogen (secondary N) is 2. The molecule has 32 heavy (non-hydrogen) atoms. The van der Waals surface area contributed by atoms with Crippen LogP contribution >= 0.6 is 0 Å². The fourth-order valence-electron chi connectivity index (χ4n) is 4.79. The molecule has 0 aromatic heterocycles. The van der Waals surface area contributed by atoms with Crippen molar-refractivity contribution in [2.75, 3.05) is 0 Å². The lowest BCUT2D eigenvalue weighted by atomic mass is 9.93. The molecule has 1 rings (SSSR count). The van der Waals surface area contributed by atoms with E-state index in [9.17, 15) is 9.59 Å². The molecular weight excluding hydrogens is 396 g/mol. The number of carbonyl (C=O) groups is 2. The molecule has 1 aliphatic carbocycles. The number of hydrogen-bond donors (Lipinski definition) is 2. The summed E-state index contributed by atoms with van der Waals surface area (Å²) in [7, 11) is 0. The zero-order valence-corrected chi connectivity index (χ0v) is 21.7. The Morgan fingerprint density at radius 1 is 0.750 bits per heavy atom. The highest BCUT2D eigenvalue weighted by Gasteiger charge is 2.27. The standard InChI is InChI=1S/C28H54N2O2/c1-4-6-7-8-9-10-11-12-13-14-15-16-20-23-26(31)30-27(24(3)5-2)28(32)29-25-21-18-17-19-22-25/h24-25,27H,4-23H2,1-3H3,(H,29,32)(H,30,31). The highest BCUT2D eigenvalue weighted by Crippen LogP contribution is 2.18. The highest BCUT2D eigenvalue weighted by molar-refractivity contribution is 5.88. The van der Waals surface area contributed by atoms with Crippen molar-refractivity contribution in [2.24, 2.45) is 5.92 Å². The van der Waals surface area contributed by atoms with Crippen molar-refractivity contribution in [3.63, 3.8) is 0 Å². The third kappa shape index (κ3) is 14.2. The van der Waals surface area contributed by atoms with Crippen molar-refractivity contribution in [3.05, 3.63) is 0 Å². The molecule has 0 saturated heterocycles. The molecule has 0 aromatic rings. The van der Waals surface area contributed by atoms with Crippen LogP contribution in [0.25, 0.3) is 0 Å². The molecular formula is C28H54N2O2. The SMILES string of the molecule is CCCCCCCCCCCCCCCC(=O)NC(C(=O)NC1CCCCC1)C(C)CC. The number of hydrogen-bond acceptors (Lipinski definition) is 2. The average molecular weight is 451 g/mol. The van der Waals surface area contributed by atoms with Gasteiger partial charge in [-0.2, -0.15) is 0 Å². The summed E-state index contributed by atoms with van der Waals surface area (Å²) in [4.78, 5) is 25.3. The van der Waals surface area contributed by atoms with Crippen molar-refractivity contribution in [1.82, 2.24) is 10.6 Å². The Bertz CT molecular complexity index is 474. The molecule has 2 amide bonds. The van der Waals surface area contributed by atoms with Crippen LogP contribution in [0.5, 0.6) is 0 Å². The van der Waals surface area contributed by atoms with Crippen LogP contribution in [0.3, 0.4) is 0 Å². The van der Waals surface area contributed by atoms with Crippen molar-refractivity contribution < 1.29 is 9.59 Å². The maximum absolute atomic E-state index is 12.8. The summed E-state index contributed by atoms with van der Waals surface area (Å²) in [5, 5.41) is 6.25. The lowest BCUT2D eigenvalue weighted by Gasteiger charge is -2.28. The maximum Gasteiger partial charge on any atom is 0.243 e. The predicted molar refractivity (Wildman–Crippen MR) is 137 cm³/mol. The van der Waals surface area contributed by atoms with Crippen LogP contribution < -0.4 is 10.6 Å². The van der Waals surface area contributed by atoms with Crippen LogP contribution in [0.15, 0.2) is 0 Å². The monoisotopic (exact) mass is 450 g/mol. The second-order valence-corrected chi connectivity index (χ2v) is 10.3. The van der Waals surface area contributed by atoms with Crippen molar-refractivity contribution in [1.29, 1.82) is 0 Å². The Balaban J connectivity index is 2.10. The number of carbonyl (C=O) groups excluding carboxylic acids is 2. The summed E-state index contributed by atoms with van der Waals surface area (Å²) < 4.78 is 0. The summed E-state index contributed by atoms with van der Waals surface area (Å²) in [6, 6.07) is -0.0998. The topological polar surface area (TPSA) is 58.2 Å². The van der Waals surface area contributed by atoms with E-state index >= 15 is 0 Å². The van der Waals surface area contributed by atoms with E-state index in [1.165, 1.54) is 89.9 Å². The minimum atomic E-state index is -0.392. The van der Waals surface area contributed by atoms with E-state index in [0.717, 1.165) is 32.1 Å². The van der Waals surface area contributed by atoms with Gasteiger partial charge in [0.05, 0.1) is 0 Å². The summed E-state index contributed by atoms with van der Waals surface area (Å²) in [5.74, 6) is 0.219. The van der Waals surface area contributed by atoms with Gasteiger partial charge < -0.3 is 10.6 Å². The Hall–Kier alpha value is -1.06. The second-order valence-electron chi connectivity index (χ2n) is 10.3. The van der Waals surface area contributed by atoms with Gasteiger partial charge in [0, 0.05) is 12.5 Å². The normalized spacial score (nSPS) is 16.5. The largest absolute Gasteiger partial charge is 0.352 e. The first-order valence-electron chi connectivity index (χ1n) is 14.2. The van der Waals surface area contributed by atoms with E-state index in [2.05, 4.69) is 31.4 Å². The summed E-state index contributed by atoms with van der Waals surface area (Å²) in [6.45, 7) is 6.42. The van der Waals surface area contributed by atoms with Crippen LogP contribution in [0.2, 0.25) is 0 Å². The first-order chi connectivity index (χ1) is 15.6.